The molecule has 1 amide bonds. The summed E-state index contributed by atoms with van der Waals surface area (Å²) in [6.45, 7) is 3.02. The molecular weight excluding hydrogens is 458 g/mol. The molecule has 0 aliphatic carbocycles. The number of nitro benzene ring substituents is 1. The highest BCUT2D eigenvalue weighted by Crippen LogP contribution is 2.40. The average molecular weight is 488 g/mol. The van der Waals surface area contributed by atoms with E-state index < -0.39 is 23.4 Å². The van der Waals surface area contributed by atoms with Gasteiger partial charge in [0.05, 0.1) is 37.5 Å². The van der Waals surface area contributed by atoms with E-state index in [4.69, 9.17) is 18.9 Å². The minimum atomic E-state index is -0.817. The Morgan fingerprint density at radius 1 is 1.06 bits per heavy atom. The van der Waals surface area contributed by atoms with Gasteiger partial charge < -0.3 is 29.2 Å². The molecule has 2 aromatic rings. The van der Waals surface area contributed by atoms with E-state index in [2.05, 4.69) is 12.2 Å². The number of benzene rings is 2. The second-order valence-electron chi connectivity index (χ2n) is 8.17. The first kappa shape index (κ1) is 25.6. The Labute approximate surface area is 203 Å². The van der Waals surface area contributed by atoms with E-state index in [1.165, 1.54) is 45.6 Å². The number of non-ortho nitro benzene ring substituents is 1. The number of ether oxygens (including phenoxy) is 4. The van der Waals surface area contributed by atoms with E-state index in [0.29, 0.717) is 34.5 Å². The molecule has 0 bridgehead atoms. The number of rotatable bonds is 9. The highest BCUT2D eigenvalue weighted by molar-refractivity contribution is 5.99. The maximum absolute atomic E-state index is 12.9. The van der Waals surface area contributed by atoms with Crippen LogP contribution in [0.3, 0.4) is 0 Å². The summed E-state index contributed by atoms with van der Waals surface area (Å²) in [4.78, 5) is 38.1. The van der Waals surface area contributed by atoms with Crippen molar-refractivity contribution in [3.63, 3.8) is 0 Å². The maximum Gasteiger partial charge on any atom is 0.341 e. The molecule has 1 N–H and O–H groups in total. The lowest BCUT2D eigenvalue weighted by atomic mass is 9.98. The van der Waals surface area contributed by atoms with Crippen LogP contribution in [0, 0.1) is 16.0 Å². The lowest BCUT2D eigenvalue weighted by Crippen LogP contribution is -2.34. The van der Waals surface area contributed by atoms with Gasteiger partial charge in [-0.25, -0.2) is 4.79 Å². The lowest BCUT2D eigenvalue weighted by Gasteiger charge is -2.33. The maximum atomic E-state index is 12.9. The van der Waals surface area contributed by atoms with E-state index in [-0.39, 0.29) is 11.3 Å². The second-order valence-corrected chi connectivity index (χ2v) is 8.17. The van der Waals surface area contributed by atoms with Crippen molar-refractivity contribution in [2.75, 3.05) is 51.2 Å². The number of carbonyl (C=O) groups is 2. The van der Waals surface area contributed by atoms with E-state index >= 15 is 0 Å². The molecule has 2 aromatic carbocycles. The molecule has 1 aliphatic heterocycles. The summed E-state index contributed by atoms with van der Waals surface area (Å²) in [5.41, 5.74) is 0.721. The Hall–Kier alpha value is -4.02. The first-order chi connectivity index (χ1) is 16.8. The molecule has 1 fully saturated rings. The molecular formula is C24H29N3O8. The Kier molecular flexibility index (Phi) is 8.34. The van der Waals surface area contributed by atoms with Crippen molar-refractivity contribution < 1.29 is 33.5 Å². The summed E-state index contributed by atoms with van der Waals surface area (Å²) < 4.78 is 21.0. The number of piperidine rings is 1. The van der Waals surface area contributed by atoms with Crippen LogP contribution in [-0.2, 0) is 9.53 Å². The van der Waals surface area contributed by atoms with Gasteiger partial charge >= 0.3 is 5.97 Å². The van der Waals surface area contributed by atoms with Crippen molar-refractivity contribution in [1.29, 1.82) is 0 Å². The molecule has 11 heteroatoms. The summed E-state index contributed by atoms with van der Waals surface area (Å²) in [6.07, 6.45) is 1.89. The van der Waals surface area contributed by atoms with Crippen LogP contribution in [-0.4, -0.2) is 57.8 Å². The summed E-state index contributed by atoms with van der Waals surface area (Å²) in [6, 6.07) is 7.18. The van der Waals surface area contributed by atoms with Crippen LogP contribution in [0.15, 0.2) is 30.3 Å². The van der Waals surface area contributed by atoms with Crippen molar-refractivity contribution in [3.8, 4) is 17.2 Å². The lowest BCUT2D eigenvalue weighted by molar-refractivity contribution is -0.384. The molecule has 0 spiro atoms. The van der Waals surface area contributed by atoms with Crippen LogP contribution in [0.25, 0.3) is 0 Å². The third-order valence-electron chi connectivity index (χ3n) is 5.82. The number of hydrogen-bond acceptors (Lipinski definition) is 9. The molecule has 35 heavy (non-hydrogen) atoms. The number of nitro groups is 1. The van der Waals surface area contributed by atoms with E-state index in [1.54, 1.807) is 6.07 Å². The minimum Gasteiger partial charge on any atom is -0.493 e. The Bertz CT molecular complexity index is 1070. The van der Waals surface area contributed by atoms with Crippen LogP contribution >= 0.6 is 0 Å². The first-order valence-corrected chi connectivity index (χ1v) is 11.1. The SMILES string of the molecule is COc1cc(NC(=O)COC(=O)c2cc([N+](=O)[O-])ccc2N2CCC(C)CC2)cc(OC)c1OC. The molecule has 1 heterocycles. The quantitative estimate of drug-likeness (QED) is 0.320. The van der Waals surface area contributed by atoms with Gasteiger partial charge in [0, 0.05) is 43.0 Å². The molecule has 0 radical (unpaired) electrons. The highest BCUT2D eigenvalue weighted by Gasteiger charge is 2.25. The van der Waals surface area contributed by atoms with Gasteiger partial charge in [-0.1, -0.05) is 6.92 Å². The largest absolute Gasteiger partial charge is 0.493 e. The van der Waals surface area contributed by atoms with Crippen LogP contribution in [0.2, 0.25) is 0 Å². The van der Waals surface area contributed by atoms with E-state index in [1.807, 2.05) is 4.90 Å². The number of nitrogens with zero attached hydrogens (tertiary/aromatic N) is 2. The third-order valence-corrected chi connectivity index (χ3v) is 5.82. The molecule has 0 unspecified atom stereocenters. The van der Waals surface area contributed by atoms with Gasteiger partial charge in [-0.3, -0.25) is 14.9 Å². The highest BCUT2D eigenvalue weighted by atomic mass is 16.6. The number of methoxy groups -OCH3 is 3. The fourth-order valence-electron chi connectivity index (χ4n) is 3.89. The van der Waals surface area contributed by atoms with Crippen molar-refractivity contribution in [3.05, 3.63) is 46.0 Å². The molecule has 188 valence electrons. The zero-order valence-corrected chi connectivity index (χ0v) is 20.2. The van der Waals surface area contributed by atoms with Crippen molar-refractivity contribution in [2.24, 2.45) is 5.92 Å². The van der Waals surface area contributed by atoms with Gasteiger partial charge in [-0.05, 0) is 24.8 Å². The number of esters is 1. The van der Waals surface area contributed by atoms with Gasteiger partial charge in [0.25, 0.3) is 11.6 Å². The Morgan fingerprint density at radius 3 is 2.23 bits per heavy atom. The Morgan fingerprint density at radius 2 is 1.69 bits per heavy atom. The Balaban J connectivity index is 1.73. The molecule has 0 saturated carbocycles. The number of carbonyl (C=O) groups excluding carboxylic acids is 2. The van der Waals surface area contributed by atoms with E-state index in [0.717, 1.165) is 25.9 Å². The van der Waals surface area contributed by atoms with Crippen molar-refractivity contribution >= 4 is 28.9 Å². The molecule has 1 aliphatic rings. The van der Waals surface area contributed by atoms with Gasteiger partial charge in [0.15, 0.2) is 18.1 Å². The summed E-state index contributed by atoms with van der Waals surface area (Å²) in [5.74, 6) is 0.199. The summed E-state index contributed by atoms with van der Waals surface area (Å²) >= 11 is 0. The van der Waals surface area contributed by atoms with Gasteiger partial charge in [-0.2, -0.15) is 0 Å². The topological polar surface area (TPSA) is 129 Å². The fourth-order valence-corrected chi connectivity index (χ4v) is 3.89. The summed E-state index contributed by atoms with van der Waals surface area (Å²) in [7, 11) is 4.36. The number of hydrogen-bond donors (Lipinski definition) is 1. The molecule has 11 nitrogen and oxygen atoms in total. The smallest absolute Gasteiger partial charge is 0.341 e. The van der Waals surface area contributed by atoms with Crippen LogP contribution < -0.4 is 24.4 Å². The van der Waals surface area contributed by atoms with Crippen LogP contribution in [0.4, 0.5) is 17.1 Å². The summed E-state index contributed by atoms with van der Waals surface area (Å²) in [5, 5.41) is 13.9. The first-order valence-electron chi connectivity index (χ1n) is 11.1. The molecule has 3 rings (SSSR count). The van der Waals surface area contributed by atoms with Gasteiger partial charge in [-0.15, -0.1) is 0 Å². The normalized spacial score (nSPS) is 13.7. The second kappa shape index (κ2) is 11.4. The average Bonchev–Trinajstić information content (AvgIpc) is 2.86. The van der Waals surface area contributed by atoms with Gasteiger partial charge in [0.2, 0.25) is 5.75 Å². The predicted molar refractivity (Wildman–Crippen MR) is 129 cm³/mol. The standard InChI is InChI=1S/C24H29N3O8/c1-15-7-9-26(10-8-15)19-6-5-17(27(30)31)13-18(19)24(29)35-14-22(28)25-16-11-20(32-2)23(34-4)21(12-16)33-3/h5-6,11-13,15H,7-10,14H2,1-4H3,(H,25,28). The zero-order chi connectivity index (χ0) is 25.5. The van der Waals surface area contributed by atoms with Crippen molar-refractivity contribution in [1.82, 2.24) is 0 Å². The number of amides is 1. The van der Waals surface area contributed by atoms with Crippen molar-refractivity contribution in [2.45, 2.75) is 19.8 Å². The minimum absolute atomic E-state index is 0.0503. The number of anilines is 2. The third kappa shape index (κ3) is 6.11. The zero-order valence-electron chi connectivity index (χ0n) is 20.2. The molecule has 0 aromatic heterocycles. The van der Waals surface area contributed by atoms with Crippen LogP contribution in [0.5, 0.6) is 17.2 Å². The van der Waals surface area contributed by atoms with Crippen LogP contribution in [0.1, 0.15) is 30.1 Å². The van der Waals surface area contributed by atoms with Gasteiger partial charge in [0.1, 0.15) is 0 Å². The fraction of sp³-hybridized carbons (Fsp3) is 0.417. The predicted octanol–water partition coefficient (Wildman–Crippen LogP) is 3.65. The van der Waals surface area contributed by atoms with E-state index in [9.17, 15) is 19.7 Å². The molecule has 1 saturated heterocycles. The number of nitrogens with one attached hydrogen (secondary N) is 1. The monoisotopic (exact) mass is 487 g/mol. The molecule has 0 atom stereocenters.